The summed E-state index contributed by atoms with van der Waals surface area (Å²) in [5.41, 5.74) is 3.76. The van der Waals surface area contributed by atoms with Crippen LogP contribution in [0.5, 0.6) is 5.75 Å². The molecule has 5 rings (SSSR count). The molecule has 3 amide bonds. The summed E-state index contributed by atoms with van der Waals surface area (Å²) in [5.74, 6) is -1.04. The molecular weight excluding hydrogens is 424 g/mol. The van der Waals surface area contributed by atoms with Gasteiger partial charge in [0.1, 0.15) is 11.6 Å². The Balaban J connectivity index is 1.24. The van der Waals surface area contributed by atoms with Crippen molar-refractivity contribution >= 4 is 28.6 Å². The Bertz CT molecular complexity index is 1440. The Morgan fingerprint density at radius 1 is 0.879 bits per heavy atom. The van der Waals surface area contributed by atoms with Crippen LogP contribution < -0.4 is 15.7 Å². The summed E-state index contributed by atoms with van der Waals surface area (Å²) in [7, 11) is 0. The first kappa shape index (κ1) is 20.1. The molecule has 4 aromatic rings. The van der Waals surface area contributed by atoms with Crippen molar-refractivity contribution in [2.45, 2.75) is 0 Å². The molecule has 162 valence electrons. The van der Waals surface area contributed by atoms with E-state index in [-0.39, 0.29) is 16.7 Å². The van der Waals surface area contributed by atoms with Crippen LogP contribution in [0.2, 0.25) is 0 Å². The van der Waals surface area contributed by atoms with Gasteiger partial charge in [-0.3, -0.25) is 24.6 Å². The van der Waals surface area contributed by atoms with Crippen LogP contribution in [-0.4, -0.2) is 39.3 Å². The molecule has 2 N–H and O–H groups in total. The number of carbonyl (C=O) groups excluding carboxylic acids is 3. The van der Waals surface area contributed by atoms with Gasteiger partial charge in [0, 0.05) is 5.56 Å². The zero-order valence-corrected chi connectivity index (χ0v) is 17.1. The molecule has 0 unspecified atom stereocenters. The third-order valence-electron chi connectivity index (χ3n) is 5.14. The normalized spacial score (nSPS) is 12.7. The number of amides is 3. The molecule has 3 aromatic carbocycles. The number of rotatable bonds is 5. The van der Waals surface area contributed by atoms with Crippen LogP contribution in [0.4, 0.5) is 0 Å². The van der Waals surface area contributed by atoms with E-state index in [1.165, 1.54) is 12.1 Å². The molecule has 1 aromatic heterocycles. The molecule has 0 saturated heterocycles. The molecule has 9 heteroatoms. The molecule has 0 radical (unpaired) electrons. The van der Waals surface area contributed by atoms with Crippen LogP contribution in [0.15, 0.2) is 77.6 Å². The van der Waals surface area contributed by atoms with Gasteiger partial charge in [-0.15, -0.1) is 0 Å². The molecule has 0 bridgehead atoms. The molecule has 0 spiro atoms. The number of hydrogen-bond acceptors (Lipinski definition) is 6. The van der Waals surface area contributed by atoms with Crippen molar-refractivity contribution in [1.82, 2.24) is 20.4 Å². The summed E-state index contributed by atoms with van der Waals surface area (Å²) in [5, 5.41) is 1.19. The van der Waals surface area contributed by atoms with Crippen LogP contribution >= 0.6 is 0 Å². The minimum Gasteiger partial charge on any atom is -0.484 e. The van der Waals surface area contributed by atoms with E-state index in [0.717, 1.165) is 0 Å². The lowest BCUT2D eigenvalue weighted by Crippen LogP contribution is -2.47. The summed E-state index contributed by atoms with van der Waals surface area (Å²) >= 11 is 0. The number of H-pyrrole nitrogens is 1. The van der Waals surface area contributed by atoms with Crippen molar-refractivity contribution in [1.29, 1.82) is 0 Å². The highest BCUT2D eigenvalue weighted by Gasteiger charge is 2.36. The Labute approximate surface area is 186 Å². The molecule has 9 nitrogen and oxygen atoms in total. The number of fused-ring (bicyclic) bond motifs is 2. The average Bonchev–Trinajstić information content (AvgIpc) is 3.08. The Kier molecular flexibility index (Phi) is 4.91. The first-order valence-corrected chi connectivity index (χ1v) is 10.0. The topological polar surface area (TPSA) is 121 Å². The number of hydrazine groups is 1. The Morgan fingerprint density at radius 2 is 1.52 bits per heavy atom. The van der Waals surface area contributed by atoms with Gasteiger partial charge in [-0.2, -0.15) is 5.01 Å². The predicted molar refractivity (Wildman–Crippen MR) is 118 cm³/mol. The van der Waals surface area contributed by atoms with Gasteiger partial charge in [-0.25, -0.2) is 4.98 Å². The van der Waals surface area contributed by atoms with Crippen molar-refractivity contribution in [3.05, 3.63) is 94.3 Å². The number of aromatic nitrogens is 2. The van der Waals surface area contributed by atoms with E-state index < -0.39 is 24.3 Å². The second-order valence-corrected chi connectivity index (χ2v) is 7.27. The number of para-hydroxylation sites is 1. The van der Waals surface area contributed by atoms with Crippen molar-refractivity contribution in [3.63, 3.8) is 0 Å². The number of carbonyl (C=O) groups is 3. The minimum atomic E-state index is -0.658. The number of nitrogens with one attached hydrogen (secondary N) is 2. The molecule has 1 aliphatic heterocycles. The lowest BCUT2D eigenvalue weighted by atomic mass is 10.1. The standard InChI is InChI=1S/C24H16N4O5/c29-20(27-28-23(31)16-5-1-2-6-17(16)24(28)32)13-33-15-11-9-14(10-12-15)21-25-19-8-4-3-7-18(19)22(30)26-21/h1-12H,13H2,(H,27,29)(H,25,26,30). The molecular formula is C24H16N4O5. The smallest absolute Gasteiger partial charge is 0.280 e. The predicted octanol–water partition coefficient (Wildman–Crippen LogP) is 2.30. The van der Waals surface area contributed by atoms with E-state index in [1.54, 1.807) is 54.6 Å². The SMILES string of the molecule is O=C(COc1ccc(-c2nc3ccccc3c(=O)[nH]2)cc1)NN1C(=O)c2ccccc2C1=O. The number of imide groups is 1. The van der Waals surface area contributed by atoms with Crippen molar-refractivity contribution in [2.24, 2.45) is 0 Å². The minimum absolute atomic E-state index is 0.235. The molecule has 0 aliphatic carbocycles. The summed E-state index contributed by atoms with van der Waals surface area (Å²) < 4.78 is 5.46. The van der Waals surface area contributed by atoms with Crippen molar-refractivity contribution in [2.75, 3.05) is 6.61 Å². The number of hydrogen-bond donors (Lipinski definition) is 2. The van der Waals surface area contributed by atoms with Gasteiger partial charge in [-0.1, -0.05) is 24.3 Å². The highest BCUT2D eigenvalue weighted by molar-refractivity contribution is 6.21. The average molecular weight is 440 g/mol. The van der Waals surface area contributed by atoms with Gasteiger partial charge < -0.3 is 9.72 Å². The summed E-state index contributed by atoms with van der Waals surface area (Å²) in [4.78, 5) is 56.3. The maximum atomic E-state index is 12.3. The fraction of sp³-hybridized carbons (Fsp3) is 0.0417. The number of benzene rings is 3. The van der Waals surface area contributed by atoms with Gasteiger partial charge in [0.05, 0.1) is 22.0 Å². The third-order valence-corrected chi connectivity index (χ3v) is 5.14. The van der Waals surface area contributed by atoms with Gasteiger partial charge in [-0.05, 0) is 48.5 Å². The summed E-state index contributed by atoms with van der Waals surface area (Å²) in [6.45, 7) is -0.405. The lowest BCUT2D eigenvalue weighted by molar-refractivity contribution is -0.126. The van der Waals surface area contributed by atoms with Gasteiger partial charge in [0.25, 0.3) is 23.3 Å². The fourth-order valence-electron chi connectivity index (χ4n) is 3.53. The Morgan fingerprint density at radius 3 is 2.21 bits per heavy atom. The second kappa shape index (κ2) is 8.04. The summed E-state index contributed by atoms with van der Waals surface area (Å²) in [6.07, 6.45) is 0. The molecule has 2 heterocycles. The van der Waals surface area contributed by atoms with Crippen LogP contribution in [-0.2, 0) is 4.79 Å². The largest absolute Gasteiger partial charge is 0.484 e. The highest BCUT2D eigenvalue weighted by Crippen LogP contribution is 2.22. The maximum absolute atomic E-state index is 12.3. The Hall–Kier alpha value is -4.79. The lowest BCUT2D eigenvalue weighted by Gasteiger charge is -2.15. The monoisotopic (exact) mass is 440 g/mol. The van der Waals surface area contributed by atoms with E-state index >= 15 is 0 Å². The first-order valence-electron chi connectivity index (χ1n) is 10.0. The fourth-order valence-corrected chi connectivity index (χ4v) is 3.53. The highest BCUT2D eigenvalue weighted by atomic mass is 16.5. The number of aromatic amines is 1. The molecule has 0 fully saturated rings. The van der Waals surface area contributed by atoms with E-state index in [0.29, 0.717) is 33.0 Å². The maximum Gasteiger partial charge on any atom is 0.280 e. The van der Waals surface area contributed by atoms with Crippen LogP contribution in [0.1, 0.15) is 20.7 Å². The summed E-state index contributed by atoms with van der Waals surface area (Å²) in [6, 6.07) is 20.0. The van der Waals surface area contributed by atoms with E-state index in [9.17, 15) is 19.2 Å². The quantitative estimate of drug-likeness (QED) is 0.459. The molecule has 1 aliphatic rings. The zero-order chi connectivity index (χ0) is 22.9. The third kappa shape index (κ3) is 3.72. The first-order chi connectivity index (χ1) is 16.0. The van der Waals surface area contributed by atoms with Crippen LogP contribution in [0, 0.1) is 0 Å². The van der Waals surface area contributed by atoms with Gasteiger partial charge >= 0.3 is 0 Å². The van der Waals surface area contributed by atoms with Crippen LogP contribution in [0.3, 0.4) is 0 Å². The van der Waals surface area contributed by atoms with E-state index in [2.05, 4.69) is 15.4 Å². The second-order valence-electron chi connectivity index (χ2n) is 7.27. The van der Waals surface area contributed by atoms with Crippen molar-refractivity contribution in [3.8, 4) is 17.1 Å². The van der Waals surface area contributed by atoms with E-state index in [1.807, 2.05) is 6.07 Å². The number of nitrogens with zero attached hydrogens (tertiary/aromatic N) is 2. The number of ether oxygens (including phenoxy) is 1. The van der Waals surface area contributed by atoms with Gasteiger partial charge in [0.15, 0.2) is 6.61 Å². The molecule has 33 heavy (non-hydrogen) atoms. The zero-order valence-electron chi connectivity index (χ0n) is 17.1. The van der Waals surface area contributed by atoms with Crippen molar-refractivity contribution < 1.29 is 19.1 Å². The van der Waals surface area contributed by atoms with Crippen LogP contribution in [0.25, 0.3) is 22.3 Å². The molecule has 0 saturated carbocycles. The molecule has 0 atom stereocenters. The van der Waals surface area contributed by atoms with E-state index in [4.69, 9.17) is 4.74 Å². The van der Waals surface area contributed by atoms with Gasteiger partial charge in [0.2, 0.25) is 0 Å².